The maximum Gasteiger partial charge on any atom is 0.319 e. The summed E-state index contributed by atoms with van der Waals surface area (Å²) in [4.78, 5) is 14.1. The van der Waals surface area contributed by atoms with E-state index in [1.54, 1.807) is 14.2 Å². The van der Waals surface area contributed by atoms with Crippen molar-refractivity contribution in [1.29, 1.82) is 0 Å². The Morgan fingerprint density at radius 1 is 1.04 bits per heavy atom. The number of ether oxygens (including phenoxy) is 2. The van der Waals surface area contributed by atoms with Gasteiger partial charge in [-0.1, -0.05) is 6.07 Å². The molecule has 6 nitrogen and oxygen atoms in total. The SMILES string of the molecule is COc1ccc(CCNC(=O)Nc2ccc(N(C)C)cc2C)cc1OC. The summed E-state index contributed by atoms with van der Waals surface area (Å²) in [5, 5.41) is 5.77. The fourth-order valence-electron chi connectivity index (χ4n) is 2.59. The Morgan fingerprint density at radius 2 is 1.77 bits per heavy atom. The molecule has 0 bridgehead atoms. The summed E-state index contributed by atoms with van der Waals surface area (Å²) in [6, 6.07) is 11.5. The van der Waals surface area contributed by atoms with Crippen LogP contribution >= 0.6 is 0 Å². The number of hydrogen-bond donors (Lipinski definition) is 2. The van der Waals surface area contributed by atoms with Crippen molar-refractivity contribution in [2.24, 2.45) is 0 Å². The van der Waals surface area contributed by atoms with E-state index in [0.29, 0.717) is 24.5 Å². The second kappa shape index (κ2) is 8.99. The van der Waals surface area contributed by atoms with Gasteiger partial charge in [-0.3, -0.25) is 0 Å². The lowest BCUT2D eigenvalue weighted by atomic mass is 10.1. The topological polar surface area (TPSA) is 62.8 Å². The molecule has 0 aliphatic heterocycles. The van der Waals surface area contributed by atoms with E-state index in [-0.39, 0.29) is 6.03 Å². The number of hydrogen-bond acceptors (Lipinski definition) is 4. The van der Waals surface area contributed by atoms with E-state index in [0.717, 1.165) is 22.5 Å². The first-order chi connectivity index (χ1) is 12.4. The summed E-state index contributed by atoms with van der Waals surface area (Å²) in [7, 11) is 7.19. The highest BCUT2D eigenvalue weighted by molar-refractivity contribution is 5.90. The van der Waals surface area contributed by atoms with Gasteiger partial charge in [0.2, 0.25) is 0 Å². The van der Waals surface area contributed by atoms with Crippen LogP contribution in [0.3, 0.4) is 0 Å². The molecule has 2 rings (SSSR count). The van der Waals surface area contributed by atoms with Gasteiger partial charge in [-0.05, 0) is 54.8 Å². The molecular weight excluding hydrogens is 330 g/mol. The normalized spacial score (nSPS) is 10.2. The zero-order chi connectivity index (χ0) is 19.1. The van der Waals surface area contributed by atoms with Crippen molar-refractivity contribution in [1.82, 2.24) is 5.32 Å². The first-order valence-electron chi connectivity index (χ1n) is 8.48. The van der Waals surface area contributed by atoms with E-state index in [9.17, 15) is 4.79 Å². The van der Waals surface area contributed by atoms with Crippen molar-refractivity contribution in [3.05, 3.63) is 47.5 Å². The molecule has 0 unspecified atom stereocenters. The number of carbonyl (C=O) groups is 1. The fraction of sp³-hybridized carbons (Fsp3) is 0.350. The van der Waals surface area contributed by atoms with Crippen molar-refractivity contribution in [2.75, 3.05) is 45.1 Å². The van der Waals surface area contributed by atoms with Crippen molar-refractivity contribution in [3.8, 4) is 11.5 Å². The smallest absolute Gasteiger partial charge is 0.319 e. The predicted molar refractivity (Wildman–Crippen MR) is 106 cm³/mol. The number of benzene rings is 2. The minimum absolute atomic E-state index is 0.217. The van der Waals surface area contributed by atoms with Crippen LogP contribution in [0.4, 0.5) is 16.2 Å². The number of amides is 2. The van der Waals surface area contributed by atoms with Crippen LogP contribution in [-0.2, 0) is 6.42 Å². The Bertz CT molecular complexity index is 760. The number of carbonyl (C=O) groups excluding carboxylic acids is 1. The first kappa shape index (κ1) is 19.4. The van der Waals surface area contributed by atoms with Crippen LogP contribution in [-0.4, -0.2) is 40.9 Å². The highest BCUT2D eigenvalue weighted by Crippen LogP contribution is 2.27. The van der Waals surface area contributed by atoms with Crippen LogP contribution in [0.5, 0.6) is 11.5 Å². The summed E-state index contributed by atoms with van der Waals surface area (Å²) in [5.74, 6) is 1.38. The summed E-state index contributed by atoms with van der Waals surface area (Å²) in [6.07, 6.45) is 0.701. The van der Waals surface area contributed by atoms with Gasteiger partial charge in [-0.25, -0.2) is 4.79 Å². The monoisotopic (exact) mass is 357 g/mol. The molecule has 140 valence electrons. The van der Waals surface area contributed by atoms with Gasteiger partial charge < -0.3 is 25.0 Å². The van der Waals surface area contributed by atoms with Crippen LogP contribution in [0.2, 0.25) is 0 Å². The number of nitrogens with one attached hydrogen (secondary N) is 2. The van der Waals surface area contributed by atoms with Crippen LogP contribution < -0.4 is 25.0 Å². The molecule has 0 heterocycles. The average molecular weight is 357 g/mol. The van der Waals surface area contributed by atoms with E-state index >= 15 is 0 Å². The van der Waals surface area contributed by atoms with Gasteiger partial charge in [0, 0.05) is 32.0 Å². The third-order valence-electron chi connectivity index (χ3n) is 4.12. The number of anilines is 2. The number of urea groups is 1. The fourth-order valence-corrected chi connectivity index (χ4v) is 2.59. The minimum Gasteiger partial charge on any atom is -0.493 e. The highest BCUT2D eigenvalue weighted by Gasteiger charge is 2.07. The van der Waals surface area contributed by atoms with Crippen molar-refractivity contribution < 1.29 is 14.3 Å². The van der Waals surface area contributed by atoms with Gasteiger partial charge in [0.1, 0.15) is 0 Å². The summed E-state index contributed by atoms with van der Waals surface area (Å²) < 4.78 is 10.5. The van der Waals surface area contributed by atoms with Crippen LogP contribution in [0.15, 0.2) is 36.4 Å². The van der Waals surface area contributed by atoms with Gasteiger partial charge in [-0.2, -0.15) is 0 Å². The number of methoxy groups -OCH3 is 2. The van der Waals surface area contributed by atoms with E-state index in [4.69, 9.17) is 9.47 Å². The lowest BCUT2D eigenvalue weighted by molar-refractivity contribution is 0.252. The van der Waals surface area contributed by atoms with E-state index in [2.05, 4.69) is 10.6 Å². The molecule has 0 spiro atoms. The third-order valence-corrected chi connectivity index (χ3v) is 4.12. The van der Waals surface area contributed by atoms with Crippen molar-refractivity contribution in [2.45, 2.75) is 13.3 Å². The summed E-state index contributed by atoms with van der Waals surface area (Å²) in [5.41, 5.74) is 3.99. The Morgan fingerprint density at radius 3 is 2.38 bits per heavy atom. The maximum absolute atomic E-state index is 12.1. The molecule has 0 saturated heterocycles. The van der Waals surface area contributed by atoms with Gasteiger partial charge >= 0.3 is 6.03 Å². The average Bonchev–Trinajstić information content (AvgIpc) is 2.63. The Balaban J connectivity index is 1.87. The standard InChI is InChI=1S/C20H27N3O3/c1-14-12-16(23(2)3)7-8-17(14)22-20(24)21-11-10-15-6-9-18(25-4)19(13-15)26-5/h6-9,12-13H,10-11H2,1-5H3,(H2,21,22,24). The second-order valence-electron chi connectivity index (χ2n) is 6.21. The molecule has 2 aromatic carbocycles. The van der Waals surface area contributed by atoms with Crippen LogP contribution in [0.1, 0.15) is 11.1 Å². The third kappa shape index (κ3) is 5.05. The zero-order valence-corrected chi connectivity index (χ0v) is 16.1. The van der Waals surface area contributed by atoms with Crippen molar-refractivity contribution in [3.63, 3.8) is 0 Å². The Kier molecular flexibility index (Phi) is 6.72. The van der Waals surface area contributed by atoms with Crippen LogP contribution in [0.25, 0.3) is 0 Å². The highest BCUT2D eigenvalue weighted by atomic mass is 16.5. The molecule has 2 amide bonds. The quantitative estimate of drug-likeness (QED) is 0.797. The summed E-state index contributed by atoms with van der Waals surface area (Å²) >= 11 is 0. The molecule has 0 aliphatic rings. The van der Waals surface area contributed by atoms with Gasteiger partial charge in [0.05, 0.1) is 14.2 Å². The molecule has 0 fully saturated rings. The molecule has 0 saturated carbocycles. The molecule has 6 heteroatoms. The predicted octanol–water partition coefficient (Wildman–Crippen LogP) is 3.44. The van der Waals surface area contributed by atoms with Gasteiger partial charge in [0.15, 0.2) is 11.5 Å². The van der Waals surface area contributed by atoms with Gasteiger partial charge in [-0.15, -0.1) is 0 Å². The minimum atomic E-state index is -0.217. The van der Waals surface area contributed by atoms with Gasteiger partial charge in [0.25, 0.3) is 0 Å². The molecule has 2 aromatic rings. The van der Waals surface area contributed by atoms with Crippen molar-refractivity contribution >= 4 is 17.4 Å². The van der Waals surface area contributed by atoms with E-state index < -0.39 is 0 Å². The van der Waals surface area contributed by atoms with Crippen LogP contribution in [0, 0.1) is 6.92 Å². The van der Waals surface area contributed by atoms with E-state index in [1.807, 2.05) is 62.3 Å². The second-order valence-corrected chi connectivity index (χ2v) is 6.21. The Hall–Kier alpha value is -2.89. The number of rotatable bonds is 7. The molecule has 0 aliphatic carbocycles. The lowest BCUT2D eigenvalue weighted by Gasteiger charge is -2.16. The number of nitrogens with zero attached hydrogens (tertiary/aromatic N) is 1. The molecule has 0 radical (unpaired) electrons. The molecular formula is C20H27N3O3. The van der Waals surface area contributed by atoms with E-state index in [1.165, 1.54) is 0 Å². The Labute approximate surface area is 155 Å². The zero-order valence-electron chi connectivity index (χ0n) is 16.1. The molecule has 0 atom stereocenters. The largest absolute Gasteiger partial charge is 0.493 e. The lowest BCUT2D eigenvalue weighted by Crippen LogP contribution is -2.30. The summed E-state index contributed by atoms with van der Waals surface area (Å²) in [6.45, 7) is 2.50. The molecule has 2 N–H and O–H groups in total. The number of aryl methyl sites for hydroxylation is 1. The maximum atomic E-state index is 12.1. The molecule has 0 aromatic heterocycles. The first-order valence-corrected chi connectivity index (χ1v) is 8.48. The molecule has 26 heavy (non-hydrogen) atoms.